The van der Waals surface area contributed by atoms with E-state index in [2.05, 4.69) is 20.2 Å². The SMILES string of the molecule is Cc1[nH]nc(NC(=O)c2ccc(NS(=O)(=O)c3cccs3)cc2)c1-c1ccccc1. The van der Waals surface area contributed by atoms with E-state index in [0.29, 0.717) is 17.1 Å². The van der Waals surface area contributed by atoms with Gasteiger partial charge in [0.05, 0.1) is 0 Å². The molecule has 2 aromatic heterocycles. The van der Waals surface area contributed by atoms with Gasteiger partial charge < -0.3 is 5.32 Å². The molecule has 0 unspecified atom stereocenters. The summed E-state index contributed by atoms with van der Waals surface area (Å²) in [5.74, 6) is 0.0949. The van der Waals surface area contributed by atoms with Crippen LogP contribution in [0, 0.1) is 6.92 Å². The lowest BCUT2D eigenvalue weighted by Crippen LogP contribution is -2.14. The van der Waals surface area contributed by atoms with E-state index in [4.69, 9.17) is 0 Å². The third-order valence-electron chi connectivity index (χ3n) is 4.40. The lowest BCUT2D eigenvalue weighted by Gasteiger charge is -2.08. The number of aromatic nitrogens is 2. The number of thiophene rings is 1. The van der Waals surface area contributed by atoms with Crippen molar-refractivity contribution in [3.8, 4) is 11.1 Å². The molecule has 2 heterocycles. The van der Waals surface area contributed by atoms with E-state index in [9.17, 15) is 13.2 Å². The molecule has 0 aliphatic carbocycles. The number of H-pyrrole nitrogens is 1. The molecule has 4 rings (SSSR count). The van der Waals surface area contributed by atoms with Gasteiger partial charge in [0.25, 0.3) is 15.9 Å². The van der Waals surface area contributed by atoms with Crippen molar-refractivity contribution in [2.45, 2.75) is 11.1 Å². The van der Waals surface area contributed by atoms with Crippen molar-refractivity contribution in [3.05, 3.63) is 83.4 Å². The van der Waals surface area contributed by atoms with Crippen molar-refractivity contribution < 1.29 is 13.2 Å². The number of benzene rings is 2. The highest BCUT2D eigenvalue weighted by Gasteiger charge is 2.17. The van der Waals surface area contributed by atoms with Gasteiger partial charge in [0.2, 0.25) is 0 Å². The zero-order valence-corrected chi connectivity index (χ0v) is 17.5. The summed E-state index contributed by atoms with van der Waals surface area (Å²) >= 11 is 1.14. The van der Waals surface area contributed by atoms with Crippen LogP contribution in [0.1, 0.15) is 16.1 Å². The first-order chi connectivity index (χ1) is 14.4. The molecule has 0 fully saturated rings. The largest absolute Gasteiger partial charge is 0.305 e. The molecule has 0 aliphatic rings. The second-order valence-electron chi connectivity index (χ2n) is 6.51. The zero-order valence-electron chi connectivity index (χ0n) is 15.9. The number of amides is 1. The summed E-state index contributed by atoms with van der Waals surface area (Å²) < 4.78 is 27.3. The van der Waals surface area contributed by atoms with Gasteiger partial charge in [-0.2, -0.15) is 5.10 Å². The third kappa shape index (κ3) is 4.12. The Morgan fingerprint density at radius 1 is 1.00 bits per heavy atom. The van der Waals surface area contributed by atoms with E-state index < -0.39 is 10.0 Å². The Bertz CT molecular complexity index is 1260. The van der Waals surface area contributed by atoms with Crippen LogP contribution in [0.25, 0.3) is 11.1 Å². The van der Waals surface area contributed by atoms with E-state index in [1.54, 1.807) is 35.7 Å². The number of carbonyl (C=O) groups excluding carboxylic acids is 1. The summed E-state index contributed by atoms with van der Waals surface area (Å²) in [6.07, 6.45) is 0. The smallest absolute Gasteiger partial charge is 0.271 e. The molecule has 2 aromatic carbocycles. The monoisotopic (exact) mass is 438 g/mol. The molecule has 0 spiro atoms. The lowest BCUT2D eigenvalue weighted by molar-refractivity contribution is 0.102. The van der Waals surface area contributed by atoms with Crippen LogP contribution >= 0.6 is 11.3 Å². The molecule has 0 radical (unpaired) electrons. The Labute approximate surface area is 177 Å². The number of hydrogen-bond acceptors (Lipinski definition) is 5. The van der Waals surface area contributed by atoms with E-state index >= 15 is 0 Å². The average Bonchev–Trinajstić information content (AvgIpc) is 3.40. The summed E-state index contributed by atoms with van der Waals surface area (Å²) in [4.78, 5) is 12.7. The van der Waals surface area contributed by atoms with Gasteiger partial charge in [-0.15, -0.1) is 11.3 Å². The van der Waals surface area contributed by atoms with Crippen LogP contribution in [-0.2, 0) is 10.0 Å². The Morgan fingerprint density at radius 3 is 2.40 bits per heavy atom. The Balaban J connectivity index is 1.51. The van der Waals surface area contributed by atoms with E-state index in [-0.39, 0.29) is 10.1 Å². The quantitative estimate of drug-likeness (QED) is 0.412. The Morgan fingerprint density at radius 2 is 1.73 bits per heavy atom. The molecule has 9 heteroatoms. The molecule has 7 nitrogen and oxygen atoms in total. The minimum absolute atomic E-state index is 0.228. The number of carbonyl (C=O) groups is 1. The lowest BCUT2D eigenvalue weighted by atomic mass is 10.1. The molecule has 152 valence electrons. The summed E-state index contributed by atoms with van der Waals surface area (Å²) in [5, 5.41) is 11.6. The van der Waals surface area contributed by atoms with Crippen LogP contribution in [0.5, 0.6) is 0 Å². The molecule has 0 saturated heterocycles. The predicted octanol–water partition coefficient (Wildman–Crippen LogP) is 4.50. The molecule has 0 atom stereocenters. The predicted molar refractivity (Wildman–Crippen MR) is 118 cm³/mol. The van der Waals surface area contributed by atoms with E-state index in [0.717, 1.165) is 28.2 Å². The van der Waals surface area contributed by atoms with Gasteiger partial charge in [-0.25, -0.2) is 8.42 Å². The van der Waals surface area contributed by atoms with Crippen LogP contribution < -0.4 is 10.0 Å². The fourth-order valence-corrected chi connectivity index (χ4v) is 5.02. The van der Waals surface area contributed by atoms with Gasteiger partial charge in [0.15, 0.2) is 5.82 Å². The molecule has 0 bridgehead atoms. The summed E-state index contributed by atoms with van der Waals surface area (Å²) in [5.41, 5.74) is 3.37. The second-order valence-corrected chi connectivity index (χ2v) is 9.36. The standard InChI is InChI=1S/C21H18N4O3S2/c1-14-19(15-6-3-2-4-7-15)20(24-23-14)22-21(26)16-9-11-17(12-10-16)25-30(27,28)18-8-5-13-29-18/h2-13,25H,1H3,(H2,22,23,24,26). The number of aryl methyl sites for hydroxylation is 1. The number of nitrogens with zero attached hydrogens (tertiary/aromatic N) is 1. The molecule has 0 saturated carbocycles. The van der Waals surface area contributed by atoms with Crippen molar-refractivity contribution in [2.75, 3.05) is 10.0 Å². The number of rotatable bonds is 6. The molecule has 0 aliphatic heterocycles. The van der Waals surface area contributed by atoms with Gasteiger partial charge in [-0.05, 0) is 48.2 Å². The molecule has 1 amide bonds. The minimum Gasteiger partial charge on any atom is -0.305 e. The number of aromatic amines is 1. The van der Waals surface area contributed by atoms with Gasteiger partial charge >= 0.3 is 0 Å². The topological polar surface area (TPSA) is 104 Å². The number of sulfonamides is 1. The Kier molecular flexibility index (Phi) is 5.39. The summed E-state index contributed by atoms with van der Waals surface area (Å²) in [6, 6.07) is 19.1. The third-order valence-corrected chi connectivity index (χ3v) is 7.18. The van der Waals surface area contributed by atoms with Crippen LogP contribution in [0.15, 0.2) is 76.3 Å². The van der Waals surface area contributed by atoms with Crippen LogP contribution in [0.3, 0.4) is 0 Å². The van der Waals surface area contributed by atoms with Gasteiger partial charge in [0, 0.05) is 22.5 Å². The number of anilines is 2. The number of hydrogen-bond donors (Lipinski definition) is 3. The first kappa shape index (κ1) is 19.9. The minimum atomic E-state index is -3.63. The van der Waals surface area contributed by atoms with E-state index in [1.165, 1.54) is 6.07 Å². The van der Waals surface area contributed by atoms with Crippen LogP contribution in [0.4, 0.5) is 11.5 Å². The highest BCUT2D eigenvalue weighted by atomic mass is 32.2. The van der Waals surface area contributed by atoms with Crippen molar-refractivity contribution in [3.63, 3.8) is 0 Å². The molecule has 30 heavy (non-hydrogen) atoms. The van der Waals surface area contributed by atoms with Gasteiger partial charge in [0.1, 0.15) is 4.21 Å². The maximum absolute atomic E-state index is 12.7. The highest BCUT2D eigenvalue weighted by Crippen LogP contribution is 2.29. The maximum atomic E-state index is 12.7. The summed E-state index contributed by atoms with van der Waals surface area (Å²) in [6.45, 7) is 1.89. The van der Waals surface area contributed by atoms with Crippen molar-refractivity contribution in [2.24, 2.45) is 0 Å². The second kappa shape index (κ2) is 8.13. The normalized spacial score (nSPS) is 11.2. The zero-order chi connectivity index (χ0) is 21.1. The van der Waals surface area contributed by atoms with Gasteiger partial charge in [-0.3, -0.25) is 14.6 Å². The van der Waals surface area contributed by atoms with Crippen molar-refractivity contribution in [1.29, 1.82) is 0 Å². The van der Waals surface area contributed by atoms with Gasteiger partial charge in [-0.1, -0.05) is 36.4 Å². The molecule has 4 aromatic rings. The maximum Gasteiger partial charge on any atom is 0.271 e. The fraction of sp³-hybridized carbons (Fsp3) is 0.0476. The van der Waals surface area contributed by atoms with Crippen molar-refractivity contribution >= 4 is 38.8 Å². The average molecular weight is 439 g/mol. The molecular weight excluding hydrogens is 420 g/mol. The molecule has 3 N–H and O–H groups in total. The first-order valence-electron chi connectivity index (χ1n) is 9.02. The van der Waals surface area contributed by atoms with Crippen LogP contribution in [0.2, 0.25) is 0 Å². The Hall–Kier alpha value is -3.43. The first-order valence-corrected chi connectivity index (χ1v) is 11.4. The molecular formula is C21H18N4O3S2. The van der Waals surface area contributed by atoms with Crippen LogP contribution in [-0.4, -0.2) is 24.5 Å². The number of nitrogens with one attached hydrogen (secondary N) is 3. The highest BCUT2D eigenvalue weighted by molar-refractivity contribution is 7.94. The van der Waals surface area contributed by atoms with E-state index in [1.807, 2.05) is 37.3 Å². The fourth-order valence-electron chi connectivity index (χ4n) is 2.97. The van der Waals surface area contributed by atoms with Crippen molar-refractivity contribution in [1.82, 2.24) is 10.2 Å². The summed E-state index contributed by atoms with van der Waals surface area (Å²) in [7, 11) is -3.63.